The second-order valence-corrected chi connectivity index (χ2v) is 8.40. The SMILES string of the molecule is Cc1c(C(N)=O)cc(-c2cc(-c3ccc(Cl)cc3Cl)no2)n1CCc1ccc(Cl)cc1. The lowest BCUT2D eigenvalue weighted by atomic mass is 10.1. The van der Waals surface area contributed by atoms with Crippen LogP contribution in [0.4, 0.5) is 0 Å². The molecule has 0 saturated heterocycles. The van der Waals surface area contributed by atoms with E-state index in [2.05, 4.69) is 5.16 Å². The Hall–Kier alpha value is -2.73. The summed E-state index contributed by atoms with van der Waals surface area (Å²) in [5.74, 6) is 0.0113. The number of amides is 1. The zero-order chi connectivity index (χ0) is 22.1. The van der Waals surface area contributed by atoms with Crippen LogP contribution >= 0.6 is 34.8 Å². The fourth-order valence-corrected chi connectivity index (χ4v) is 4.13. The highest BCUT2D eigenvalue weighted by atomic mass is 35.5. The number of benzene rings is 2. The van der Waals surface area contributed by atoms with Crippen molar-refractivity contribution in [2.24, 2.45) is 5.73 Å². The lowest BCUT2D eigenvalue weighted by Gasteiger charge is -2.10. The molecule has 0 atom stereocenters. The third-order valence-corrected chi connectivity index (χ3v) is 5.94. The molecule has 0 radical (unpaired) electrons. The summed E-state index contributed by atoms with van der Waals surface area (Å²) in [6, 6.07) is 16.3. The van der Waals surface area contributed by atoms with E-state index in [4.69, 9.17) is 45.1 Å². The minimum atomic E-state index is -0.496. The van der Waals surface area contributed by atoms with Gasteiger partial charge in [-0.2, -0.15) is 0 Å². The van der Waals surface area contributed by atoms with E-state index in [9.17, 15) is 4.79 Å². The number of carbonyl (C=O) groups is 1. The van der Waals surface area contributed by atoms with E-state index in [1.807, 2.05) is 35.8 Å². The van der Waals surface area contributed by atoms with Crippen LogP contribution in [-0.4, -0.2) is 15.6 Å². The van der Waals surface area contributed by atoms with Crippen molar-refractivity contribution in [1.82, 2.24) is 9.72 Å². The van der Waals surface area contributed by atoms with Crippen molar-refractivity contribution in [1.29, 1.82) is 0 Å². The quantitative estimate of drug-likeness (QED) is 0.350. The molecule has 4 rings (SSSR count). The normalized spacial score (nSPS) is 11.1. The smallest absolute Gasteiger partial charge is 0.250 e. The van der Waals surface area contributed by atoms with Crippen LogP contribution in [0.25, 0.3) is 22.7 Å². The van der Waals surface area contributed by atoms with E-state index in [1.54, 1.807) is 30.3 Å². The third-order valence-electron chi connectivity index (χ3n) is 5.14. The number of rotatable bonds is 6. The number of nitrogens with two attached hydrogens (primary N) is 1. The van der Waals surface area contributed by atoms with Gasteiger partial charge in [0.25, 0.3) is 5.91 Å². The summed E-state index contributed by atoms with van der Waals surface area (Å²) in [7, 11) is 0. The number of nitrogens with zero attached hydrogens (tertiary/aromatic N) is 2. The molecule has 0 bridgehead atoms. The molecule has 158 valence electrons. The standard InChI is InChI=1S/C23H18Cl3N3O2/c1-13-18(23(27)30)11-21(29(13)9-8-14-2-4-15(24)5-3-14)22-12-20(28-31-22)17-7-6-16(25)10-19(17)26/h2-7,10-12H,8-9H2,1H3,(H2,27,30). The minimum absolute atomic E-state index is 0.439. The Labute approximate surface area is 194 Å². The molecule has 0 aliphatic carbocycles. The van der Waals surface area contributed by atoms with Crippen molar-refractivity contribution in [3.63, 3.8) is 0 Å². The zero-order valence-electron chi connectivity index (χ0n) is 16.5. The van der Waals surface area contributed by atoms with Crippen molar-refractivity contribution >= 4 is 40.7 Å². The molecule has 2 N–H and O–H groups in total. The lowest BCUT2D eigenvalue weighted by Crippen LogP contribution is -2.13. The molecule has 0 aliphatic rings. The van der Waals surface area contributed by atoms with Crippen LogP contribution in [0.2, 0.25) is 15.1 Å². The van der Waals surface area contributed by atoms with Gasteiger partial charge >= 0.3 is 0 Å². The van der Waals surface area contributed by atoms with Crippen molar-refractivity contribution in [2.45, 2.75) is 19.9 Å². The first-order valence-electron chi connectivity index (χ1n) is 9.50. The summed E-state index contributed by atoms with van der Waals surface area (Å²) in [5, 5.41) is 5.86. The Balaban J connectivity index is 1.70. The summed E-state index contributed by atoms with van der Waals surface area (Å²) >= 11 is 18.3. The van der Waals surface area contributed by atoms with Gasteiger partial charge < -0.3 is 14.8 Å². The van der Waals surface area contributed by atoms with E-state index in [-0.39, 0.29) is 0 Å². The first kappa shape index (κ1) is 21.5. The van der Waals surface area contributed by atoms with Crippen molar-refractivity contribution < 1.29 is 9.32 Å². The van der Waals surface area contributed by atoms with Crippen molar-refractivity contribution in [2.75, 3.05) is 0 Å². The van der Waals surface area contributed by atoms with Gasteiger partial charge in [-0.05, 0) is 55.3 Å². The van der Waals surface area contributed by atoms with Crippen LogP contribution in [0.1, 0.15) is 21.6 Å². The molecule has 4 aromatic rings. The lowest BCUT2D eigenvalue weighted by molar-refractivity contribution is 0.0999. The molecule has 1 amide bonds. The molecule has 2 heterocycles. The number of aryl methyl sites for hydroxylation is 1. The summed E-state index contributed by atoms with van der Waals surface area (Å²) < 4.78 is 7.62. The Kier molecular flexibility index (Phi) is 6.10. The van der Waals surface area contributed by atoms with Gasteiger partial charge in [-0.3, -0.25) is 4.79 Å². The molecule has 0 aliphatic heterocycles. The number of hydrogen-bond donors (Lipinski definition) is 1. The van der Waals surface area contributed by atoms with Crippen molar-refractivity contribution in [3.05, 3.63) is 86.5 Å². The van der Waals surface area contributed by atoms with Crippen molar-refractivity contribution in [3.8, 4) is 22.7 Å². The third kappa shape index (κ3) is 4.49. The van der Waals surface area contributed by atoms with Gasteiger partial charge in [0, 0.05) is 33.9 Å². The van der Waals surface area contributed by atoms with Gasteiger partial charge in [-0.15, -0.1) is 0 Å². The number of hydrogen-bond acceptors (Lipinski definition) is 3. The molecule has 31 heavy (non-hydrogen) atoms. The second kappa shape index (κ2) is 8.79. The monoisotopic (exact) mass is 473 g/mol. The fourth-order valence-electron chi connectivity index (χ4n) is 3.50. The maximum atomic E-state index is 12.0. The minimum Gasteiger partial charge on any atom is -0.366 e. The Morgan fingerprint density at radius 2 is 1.74 bits per heavy atom. The maximum Gasteiger partial charge on any atom is 0.250 e. The number of halogens is 3. The van der Waals surface area contributed by atoms with E-state index in [0.29, 0.717) is 49.9 Å². The van der Waals surface area contributed by atoms with E-state index in [1.165, 1.54) is 0 Å². The van der Waals surface area contributed by atoms with Gasteiger partial charge in [0.15, 0.2) is 5.76 Å². The molecule has 0 saturated carbocycles. The number of aromatic nitrogens is 2. The molecule has 2 aromatic carbocycles. The van der Waals surface area contributed by atoms with Gasteiger partial charge in [-0.25, -0.2) is 0 Å². The van der Waals surface area contributed by atoms with Crippen LogP contribution in [0.15, 0.2) is 59.1 Å². The average Bonchev–Trinajstić information content (AvgIpc) is 3.32. The molecule has 0 spiro atoms. The van der Waals surface area contributed by atoms with Gasteiger partial charge in [0.2, 0.25) is 0 Å². The molecule has 2 aromatic heterocycles. The highest BCUT2D eigenvalue weighted by molar-refractivity contribution is 6.36. The van der Waals surface area contributed by atoms with Gasteiger partial charge in [0.05, 0.1) is 16.3 Å². The number of carbonyl (C=O) groups excluding carboxylic acids is 1. The predicted molar refractivity (Wildman–Crippen MR) is 124 cm³/mol. The highest BCUT2D eigenvalue weighted by Crippen LogP contribution is 2.34. The van der Waals surface area contributed by atoms with Crippen LogP contribution < -0.4 is 5.73 Å². The van der Waals surface area contributed by atoms with E-state index < -0.39 is 5.91 Å². The number of primary amides is 1. The Morgan fingerprint density at radius 1 is 1.03 bits per heavy atom. The molecule has 0 unspecified atom stereocenters. The maximum absolute atomic E-state index is 12.0. The van der Waals surface area contributed by atoms with Crippen LogP contribution in [-0.2, 0) is 13.0 Å². The summed E-state index contributed by atoms with van der Waals surface area (Å²) in [4.78, 5) is 12.0. The van der Waals surface area contributed by atoms with Crippen LogP contribution in [0, 0.1) is 6.92 Å². The summed E-state index contributed by atoms with van der Waals surface area (Å²) in [6.07, 6.45) is 0.738. The van der Waals surface area contributed by atoms with E-state index >= 15 is 0 Å². The Morgan fingerprint density at radius 3 is 2.42 bits per heavy atom. The predicted octanol–water partition coefficient (Wildman–Crippen LogP) is 6.42. The molecular formula is C23H18Cl3N3O2. The average molecular weight is 475 g/mol. The van der Waals surface area contributed by atoms with Crippen LogP contribution in [0.3, 0.4) is 0 Å². The summed E-state index contributed by atoms with van der Waals surface area (Å²) in [6.45, 7) is 2.48. The molecule has 0 fully saturated rings. The van der Waals surface area contributed by atoms with Gasteiger partial charge in [-0.1, -0.05) is 52.1 Å². The van der Waals surface area contributed by atoms with Gasteiger partial charge in [0.1, 0.15) is 5.69 Å². The highest BCUT2D eigenvalue weighted by Gasteiger charge is 2.20. The largest absolute Gasteiger partial charge is 0.366 e. The first-order chi connectivity index (χ1) is 14.8. The second-order valence-electron chi connectivity index (χ2n) is 7.12. The first-order valence-corrected chi connectivity index (χ1v) is 10.6. The summed E-state index contributed by atoms with van der Waals surface area (Å²) in [5.41, 5.74) is 9.89. The molecule has 8 heteroatoms. The zero-order valence-corrected chi connectivity index (χ0v) is 18.8. The van der Waals surface area contributed by atoms with E-state index in [0.717, 1.165) is 17.7 Å². The Bertz CT molecular complexity index is 1260. The molecular weight excluding hydrogens is 457 g/mol. The fraction of sp³-hybridized carbons (Fsp3) is 0.130. The topological polar surface area (TPSA) is 74.1 Å². The molecule has 5 nitrogen and oxygen atoms in total. The van der Waals surface area contributed by atoms with Crippen LogP contribution in [0.5, 0.6) is 0 Å².